The normalized spacial score (nSPS) is 12.1. The molecule has 0 spiro atoms. The molecule has 0 aliphatic rings. The molecule has 0 fully saturated rings. The summed E-state index contributed by atoms with van der Waals surface area (Å²) < 4.78 is 1.41. The summed E-state index contributed by atoms with van der Waals surface area (Å²) in [5.41, 5.74) is 9.01. The van der Waals surface area contributed by atoms with Crippen molar-refractivity contribution in [2.75, 3.05) is 0 Å². The Hall–Kier alpha value is -2.72. The zero-order valence-electron chi connectivity index (χ0n) is 12.3. The van der Waals surface area contributed by atoms with E-state index in [1.54, 1.807) is 6.07 Å². The number of para-hydroxylation sites is 1. The van der Waals surface area contributed by atoms with Crippen molar-refractivity contribution in [1.29, 1.82) is 0 Å². The second-order valence-electron chi connectivity index (χ2n) is 5.19. The topological polar surface area (TPSA) is 60.9 Å². The van der Waals surface area contributed by atoms with E-state index in [-0.39, 0.29) is 11.6 Å². The minimum Gasteiger partial charge on any atom is -0.324 e. The van der Waals surface area contributed by atoms with Crippen LogP contribution in [0.1, 0.15) is 18.5 Å². The minimum atomic E-state index is -0.263. The molecule has 0 amide bonds. The van der Waals surface area contributed by atoms with Gasteiger partial charge in [-0.25, -0.2) is 0 Å². The average molecular weight is 291 g/mol. The molecule has 0 radical (unpaired) electrons. The van der Waals surface area contributed by atoms with E-state index in [0.29, 0.717) is 0 Å². The third-order valence-corrected chi connectivity index (χ3v) is 3.50. The van der Waals surface area contributed by atoms with Gasteiger partial charge in [-0.1, -0.05) is 48.5 Å². The van der Waals surface area contributed by atoms with E-state index >= 15 is 0 Å². The van der Waals surface area contributed by atoms with Crippen LogP contribution in [0.3, 0.4) is 0 Å². The van der Waals surface area contributed by atoms with E-state index in [0.717, 1.165) is 22.5 Å². The highest BCUT2D eigenvalue weighted by molar-refractivity contribution is 5.63. The summed E-state index contributed by atoms with van der Waals surface area (Å²) in [7, 11) is 0. The summed E-state index contributed by atoms with van der Waals surface area (Å²) >= 11 is 0. The molecule has 3 aromatic rings. The molecule has 3 rings (SSSR count). The van der Waals surface area contributed by atoms with Gasteiger partial charge >= 0.3 is 0 Å². The zero-order chi connectivity index (χ0) is 15.5. The van der Waals surface area contributed by atoms with E-state index in [9.17, 15) is 4.79 Å². The molecule has 1 aromatic heterocycles. The van der Waals surface area contributed by atoms with E-state index in [2.05, 4.69) is 5.10 Å². The van der Waals surface area contributed by atoms with Crippen LogP contribution in [0.25, 0.3) is 16.9 Å². The van der Waals surface area contributed by atoms with Gasteiger partial charge in [0.2, 0.25) is 0 Å². The van der Waals surface area contributed by atoms with Crippen LogP contribution in [0, 0.1) is 0 Å². The summed E-state index contributed by atoms with van der Waals surface area (Å²) in [6.07, 6.45) is 0. The van der Waals surface area contributed by atoms with E-state index in [1.165, 1.54) is 4.68 Å². The van der Waals surface area contributed by atoms with Gasteiger partial charge in [0.15, 0.2) is 0 Å². The smallest absolute Gasteiger partial charge is 0.271 e. The molecule has 0 saturated heterocycles. The summed E-state index contributed by atoms with van der Waals surface area (Å²) in [5, 5.41) is 4.56. The second kappa shape index (κ2) is 5.95. The molecular weight excluding hydrogens is 274 g/mol. The Morgan fingerprint density at radius 3 is 2.18 bits per heavy atom. The van der Waals surface area contributed by atoms with Crippen LogP contribution in [0.2, 0.25) is 0 Å². The predicted molar refractivity (Wildman–Crippen MR) is 87.9 cm³/mol. The number of benzene rings is 2. The molecule has 0 aliphatic heterocycles. The first-order valence-corrected chi connectivity index (χ1v) is 7.17. The third kappa shape index (κ3) is 2.69. The van der Waals surface area contributed by atoms with E-state index in [1.807, 2.05) is 67.6 Å². The van der Waals surface area contributed by atoms with Crippen LogP contribution in [0.4, 0.5) is 0 Å². The van der Waals surface area contributed by atoms with Crippen LogP contribution in [-0.2, 0) is 0 Å². The standard InChI is InChI=1S/C18H17N3O/c1-13(19)16-12-17(22)21(15-10-6-3-7-11-15)20-18(16)14-8-4-2-5-9-14/h2-13H,19H2,1H3. The van der Waals surface area contributed by atoms with Crippen molar-refractivity contribution in [3.05, 3.63) is 82.6 Å². The first kappa shape index (κ1) is 14.2. The predicted octanol–water partition coefficient (Wildman–Crippen LogP) is 2.92. The Morgan fingerprint density at radius 2 is 1.59 bits per heavy atom. The Morgan fingerprint density at radius 1 is 1.00 bits per heavy atom. The zero-order valence-corrected chi connectivity index (χ0v) is 12.3. The van der Waals surface area contributed by atoms with E-state index in [4.69, 9.17) is 5.73 Å². The second-order valence-corrected chi connectivity index (χ2v) is 5.19. The number of rotatable bonds is 3. The molecule has 4 nitrogen and oxygen atoms in total. The SMILES string of the molecule is CC(N)c1cc(=O)n(-c2ccccc2)nc1-c1ccccc1. The van der Waals surface area contributed by atoms with Crippen molar-refractivity contribution in [1.82, 2.24) is 9.78 Å². The number of hydrogen-bond acceptors (Lipinski definition) is 3. The van der Waals surface area contributed by atoms with Crippen LogP contribution in [0.15, 0.2) is 71.5 Å². The maximum Gasteiger partial charge on any atom is 0.271 e. The molecule has 2 N–H and O–H groups in total. The van der Waals surface area contributed by atoms with Crippen molar-refractivity contribution in [2.24, 2.45) is 5.73 Å². The highest BCUT2D eigenvalue weighted by atomic mass is 16.1. The fourth-order valence-corrected chi connectivity index (χ4v) is 2.39. The molecule has 110 valence electrons. The molecule has 0 bridgehead atoms. The number of nitrogens with two attached hydrogens (primary N) is 1. The van der Waals surface area contributed by atoms with Crippen LogP contribution >= 0.6 is 0 Å². The van der Waals surface area contributed by atoms with Gasteiger partial charge in [0.25, 0.3) is 5.56 Å². The molecule has 0 aliphatic carbocycles. The lowest BCUT2D eigenvalue weighted by atomic mass is 10.0. The molecule has 0 saturated carbocycles. The van der Waals surface area contributed by atoms with E-state index < -0.39 is 0 Å². The lowest BCUT2D eigenvalue weighted by Gasteiger charge is -2.14. The van der Waals surface area contributed by atoms with Gasteiger partial charge in [-0.3, -0.25) is 4.79 Å². The first-order valence-electron chi connectivity index (χ1n) is 7.17. The van der Waals surface area contributed by atoms with Gasteiger partial charge in [-0.2, -0.15) is 9.78 Å². The molecule has 2 aromatic carbocycles. The van der Waals surface area contributed by atoms with Crippen LogP contribution < -0.4 is 11.3 Å². The Bertz CT molecular complexity index is 824. The van der Waals surface area contributed by atoms with Gasteiger partial charge in [0.1, 0.15) is 0 Å². The fraction of sp³-hybridized carbons (Fsp3) is 0.111. The van der Waals surface area contributed by atoms with Crippen molar-refractivity contribution < 1.29 is 0 Å². The third-order valence-electron chi connectivity index (χ3n) is 3.50. The number of aromatic nitrogens is 2. The maximum atomic E-state index is 12.4. The Labute approximate surface area is 128 Å². The van der Waals surface area contributed by atoms with Crippen molar-refractivity contribution in [3.63, 3.8) is 0 Å². The molecule has 1 atom stereocenters. The Kier molecular flexibility index (Phi) is 3.85. The number of nitrogens with zero attached hydrogens (tertiary/aromatic N) is 2. The molecular formula is C18H17N3O. The molecule has 1 heterocycles. The van der Waals surface area contributed by atoms with Crippen LogP contribution in [0.5, 0.6) is 0 Å². The summed E-state index contributed by atoms with van der Waals surface area (Å²) in [4.78, 5) is 12.4. The van der Waals surface area contributed by atoms with Gasteiger partial charge in [-0.15, -0.1) is 0 Å². The Balaban J connectivity index is 2.26. The highest BCUT2D eigenvalue weighted by Gasteiger charge is 2.14. The summed E-state index contributed by atoms with van der Waals surface area (Å²) in [6, 6.07) is 20.5. The molecule has 1 unspecified atom stereocenters. The number of hydrogen-bond donors (Lipinski definition) is 1. The van der Waals surface area contributed by atoms with Gasteiger partial charge < -0.3 is 5.73 Å². The lowest BCUT2D eigenvalue weighted by Crippen LogP contribution is -2.24. The highest BCUT2D eigenvalue weighted by Crippen LogP contribution is 2.24. The van der Waals surface area contributed by atoms with Crippen molar-refractivity contribution in [3.8, 4) is 16.9 Å². The largest absolute Gasteiger partial charge is 0.324 e. The van der Waals surface area contributed by atoms with Gasteiger partial charge in [0, 0.05) is 23.2 Å². The minimum absolute atomic E-state index is 0.182. The average Bonchev–Trinajstić information content (AvgIpc) is 2.56. The molecule has 22 heavy (non-hydrogen) atoms. The lowest BCUT2D eigenvalue weighted by molar-refractivity contribution is 0.756. The quantitative estimate of drug-likeness (QED) is 0.807. The van der Waals surface area contributed by atoms with Crippen LogP contribution in [-0.4, -0.2) is 9.78 Å². The van der Waals surface area contributed by atoms with Gasteiger partial charge in [-0.05, 0) is 19.1 Å². The van der Waals surface area contributed by atoms with Crippen molar-refractivity contribution in [2.45, 2.75) is 13.0 Å². The maximum absolute atomic E-state index is 12.4. The van der Waals surface area contributed by atoms with Crippen molar-refractivity contribution >= 4 is 0 Å². The summed E-state index contributed by atoms with van der Waals surface area (Å²) in [5.74, 6) is 0. The monoisotopic (exact) mass is 291 g/mol. The fourth-order valence-electron chi connectivity index (χ4n) is 2.39. The molecule has 4 heteroatoms. The van der Waals surface area contributed by atoms with Gasteiger partial charge in [0.05, 0.1) is 11.4 Å². The summed E-state index contributed by atoms with van der Waals surface area (Å²) in [6.45, 7) is 1.86. The first-order chi connectivity index (χ1) is 10.7.